The van der Waals surface area contributed by atoms with E-state index in [1.54, 1.807) is 24.3 Å². The number of nitrogens with zero attached hydrogens (tertiary/aromatic N) is 3. The maximum atomic E-state index is 13.3. The third kappa shape index (κ3) is 4.87. The van der Waals surface area contributed by atoms with E-state index in [2.05, 4.69) is 10.2 Å². The zero-order chi connectivity index (χ0) is 22.7. The number of carbonyl (C=O) groups is 2. The quantitative estimate of drug-likeness (QED) is 0.329. The Morgan fingerprint density at radius 2 is 1.75 bits per heavy atom. The molecule has 0 aliphatic carbocycles. The van der Waals surface area contributed by atoms with Crippen LogP contribution in [0.4, 0.5) is 20.6 Å². The molecule has 0 atom stereocenters. The van der Waals surface area contributed by atoms with Crippen LogP contribution < -0.4 is 0 Å². The predicted molar refractivity (Wildman–Crippen MR) is 122 cm³/mol. The molecular formula is C23H15ClFN3O3S. The molecule has 1 aliphatic rings. The van der Waals surface area contributed by atoms with Gasteiger partial charge in [-0.3, -0.25) is 14.5 Å². The number of azo groups is 1. The van der Waals surface area contributed by atoms with Gasteiger partial charge >= 0.3 is 0 Å². The van der Waals surface area contributed by atoms with Gasteiger partial charge in [-0.2, -0.15) is 10.2 Å². The van der Waals surface area contributed by atoms with Crippen molar-refractivity contribution in [2.75, 3.05) is 0 Å². The fraction of sp³-hybridized carbons (Fsp3) is 0.0435. The number of imide groups is 1. The number of halogens is 2. The lowest BCUT2D eigenvalue weighted by Gasteiger charge is -2.13. The molecule has 0 saturated carbocycles. The molecule has 3 aromatic carbocycles. The van der Waals surface area contributed by atoms with Crippen LogP contribution in [0, 0.1) is 5.82 Å². The highest BCUT2D eigenvalue weighted by Crippen LogP contribution is 2.36. The van der Waals surface area contributed by atoms with E-state index in [0.29, 0.717) is 22.5 Å². The number of phenolic OH excluding ortho intramolecular Hbond substituents is 1. The Labute approximate surface area is 192 Å². The Balaban J connectivity index is 1.56. The number of amides is 2. The number of benzene rings is 3. The molecule has 9 heteroatoms. The lowest BCUT2D eigenvalue weighted by Crippen LogP contribution is -2.27. The van der Waals surface area contributed by atoms with E-state index in [-0.39, 0.29) is 22.2 Å². The van der Waals surface area contributed by atoms with Gasteiger partial charge in [0, 0.05) is 10.6 Å². The summed E-state index contributed by atoms with van der Waals surface area (Å²) in [5.74, 6) is -1.11. The van der Waals surface area contributed by atoms with E-state index in [1.165, 1.54) is 24.3 Å². The van der Waals surface area contributed by atoms with Crippen molar-refractivity contribution in [3.05, 3.63) is 93.6 Å². The van der Waals surface area contributed by atoms with Crippen molar-refractivity contribution in [3.63, 3.8) is 0 Å². The second kappa shape index (κ2) is 9.33. The topological polar surface area (TPSA) is 82.3 Å². The average Bonchev–Trinajstić information content (AvgIpc) is 3.04. The first-order chi connectivity index (χ1) is 15.4. The van der Waals surface area contributed by atoms with Crippen LogP contribution in [0.2, 0.25) is 5.02 Å². The van der Waals surface area contributed by atoms with E-state index < -0.39 is 17.0 Å². The van der Waals surface area contributed by atoms with Gasteiger partial charge in [-0.25, -0.2) is 4.39 Å². The zero-order valence-electron chi connectivity index (χ0n) is 16.4. The molecule has 3 aromatic rings. The van der Waals surface area contributed by atoms with Crippen LogP contribution >= 0.6 is 23.4 Å². The molecule has 0 spiro atoms. The number of phenols is 1. The van der Waals surface area contributed by atoms with Crippen LogP contribution in [0.1, 0.15) is 11.1 Å². The SMILES string of the molecule is O=C1S/C(=C\c2cc(N=Nc3ccccc3)ccc2O)C(=O)N1Cc1ccc(F)cc1Cl. The summed E-state index contributed by atoms with van der Waals surface area (Å²) >= 11 is 6.76. The molecule has 0 bridgehead atoms. The Bertz CT molecular complexity index is 1260. The molecule has 4 rings (SSSR count). The summed E-state index contributed by atoms with van der Waals surface area (Å²) in [6.07, 6.45) is 1.42. The predicted octanol–water partition coefficient (Wildman–Crippen LogP) is 6.84. The summed E-state index contributed by atoms with van der Waals surface area (Å²) in [4.78, 5) is 26.3. The molecule has 0 unspecified atom stereocenters. The highest BCUT2D eigenvalue weighted by molar-refractivity contribution is 8.18. The summed E-state index contributed by atoms with van der Waals surface area (Å²) in [6.45, 7) is -0.0849. The van der Waals surface area contributed by atoms with Gasteiger partial charge < -0.3 is 5.11 Å². The molecule has 1 fully saturated rings. The van der Waals surface area contributed by atoms with Crippen molar-refractivity contribution < 1.29 is 19.1 Å². The van der Waals surface area contributed by atoms with Crippen LogP contribution in [0.5, 0.6) is 5.75 Å². The second-order valence-corrected chi connectivity index (χ2v) is 8.18. The van der Waals surface area contributed by atoms with Crippen LogP contribution in [0.15, 0.2) is 81.9 Å². The first kappa shape index (κ1) is 21.7. The number of carbonyl (C=O) groups excluding carboxylic acids is 2. The van der Waals surface area contributed by atoms with Crippen LogP contribution in [0.25, 0.3) is 6.08 Å². The third-order valence-corrected chi connectivity index (χ3v) is 5.81. The van der Waals surface area contributed by atoms with Gasteiger partial charge in [-0.1, -0.05) is 35.9 Å². The van der Waals surface area contributed by atoms with Crippen molar-refractivity contribution >= 4 is 52.0 Å². The van der Waals surface area contributed by atoms with E-state index in [9.17, 15) is 19.1 Å². The van der Waals surface area contributed by atoms with E-state index in [4.69, 9.17) is 11.6 Å². The number of hydrogen-bond acceptors (Lipinski definition) is 6. The Kier molecular flexibility index (Phi) is 6.34. The van der Waals surface area contributed by atoms with Crippen molar-refractivity contribution in [2.24, 2.45) is 10.2 Å². The Morgan fingerprint density at radius 1 is 1.00 bits per heavy atom. The zero-order valence-corrected chi connectivity index (χ0v) is 18.0. The van der Waals surface area contributed by atoms with Gasteiger partial charge in [0.15, 0.2) is 0 Å². The van der Waals surface area contributed by atoms with E-state index >= 15 is 0 Å². The molecule has 2 amide bonds. The number of aromatic hydroxyl groups is 1. The number of hydrogen-bond donors (Lipinski definition) is 1. The molecule has 1 heterocycles. The fourth-order valence-electron chi connectivity index (χ4n) is 2.93. The molecule has 1 aliphatic heterocycles. The summed E-state index contributed by atoms with van der Waals surface area (Å²) < 4.78 is 13.3. The van der Waals surface area contributed by atoms with E-state index in [0.717, 1.165) is 22.7 Å². The molecule has 0 aromatic heterocycles. The first-order valence-corrected chi connectivity index (χ1v) is 10.6. The third-order valence-electron chi connectivity index (χ3n) is 4.55. The Morgan fingerprint density at radius 3 is 2.50 bits per heavy atom. The molecule has 6 nitrogen and oxygen atoms in total. The van der Waals surface area contributed by atoms with Crippen LogP contribution in [0.3, 0.4) is 0 Å². The highest BCUT2D eigenvalue weighted by Gasteiger charge is 2.35. The van der Waals surface area contributed by atoms with E-state index in [1.807, 2.05) is 18.2 Å². The highest BCUT2D eigenvalue weighted by atomic mass is 35.5. The van der Waals surface area contributed by atoms with Crippen molar-refractivity contribution in [1.82, 2.24) is 4.90 Å². The lowest BCUT2D eigenvalue weighted by molar-refractivity contribution is -0.123. The van der Waals surface area contributed by atoms with Crippen molar-refractivity contribution in [2.45, 2.75) is 6.54 Å². The molecule has 32 heavy (non-hydrogen) atoms. The maximum absolute atomic E-state index is 13.3. The normalized spacial score (nSPS) is 15.3. The monoisotopic (exact) mass is 467 g/mol. The van der Waals surface area contributed by atoms with Crippen molar-refractivity contribution in [1.29, 1.82) is 0 Å². The van der Waals surface area contributed by atoms with Crippen LogP contribution in [-0.2, 0) is 11.3 Å². The van der Waals surface area contributed by atoms with Gasteiger partial charge in [-0.15, -0.1) is 0 Å². The molecule has 1 saturated heterocycles. The first-order valence-electron chi connectivity index (χ1n) is 9.40. The molecule has 0 radical (unpaired) electrons. The summed E-state index contributed by atoms with van der Waals surface area (Å²) in [5, 5.41) is 18.1. The molecule has 160 valence electrons. The van der Waals surface area contributed by atoms with Gasteiger partial charge in [0.1, 0.15) is 11.6 Å². The summed E-state index contributed by atoms with van der Waals surface area (Å²) in [7, 11) is 0. The summed E-state index contributed by atoms with van der Waals surface area (Å²) in [6, 6.07) is 17.5. The summed E-state index contributed by atoms with van der Waals surface area (Å²) in [5.41, 5.74) is 1.90. The average molecular weight is 468 g/mol. The van der Waals surface area contributed by atoms with Gasteiger partial charge in [-0.05, 0) is 65.9 Å². The maximum Gasteiger partial charge on any atom is 0.293 e. The van der Waals surface area contributed by atoms with Gasteiger partial charge in [0.05, 0.1) is 22.8 Å². The molecule has 1 N–H and O–H groups in total. The molecular weight excluding hydrogens is 453 g/mol. The Hall–Kier alpha value is -3.49. The van der Waals surface area contributed by atoms with Gasteiger partial charge in [0.2, 0.25) is 0 Å². The standard InChI is InChI=1S/C23H15ClFN3O3S/c24-19-12-16(25)7-6-14(19)13-28-22(30)21(32-23(28)31)11-15-10-18(8-9-20(15)29)27-26-17-4-2-1-3-5-17/h1-12,29H,13H2/b21-11-,27-26?. The van der Waals surface area contributed by atoms with Gasteiger partial charge in [0.25, 0.3) is 11.1 Å². The largest absolute Gasteiger partial charge is 0.507 e. The van der Waals surface area contributed by atoms with Crippen LogP contribution in [-0.4, -0.2) is 21.2 Å². The minimum absolute atomic E-state index is 0.0722. The second-order valence-electron chi connectivity index (χ2n) is 6.78. The number of rotatable bonds is 5. The van der Waals surface area contributed by atoms with Crippen molar-refractivity contribution in [3.8, 4) is 5.75 Å². The minimum atomic E-state index is -0.531. The smallest absolute Gasteiger partial charge is 0.293 e. The minimum Gasteiger partial charge on any atom is -0.507 e. The fourth-order valence-corrected chi connectivity index (χ4v) is 3.98. The number of thioether (sulfide) groups is 1. The lowest BCUT2D eigenvalue weighted by atomic mass is 10.1.